The summed E-state index contributed by atoms with van der Waals surface area (Å²) in [6.07, 6.45) is 3.31. The van der Waals surface area contributed by atoms with E-state index in [2.05, 4.69) is 10.6 Å². The van der Waals surface area contributed by atoms with Gasteiger partial charge in [0.15, 0.2) is 0 Å². The van der Waals surface area contributed by atoms with Gasteiger partial charge in [0.1, 0.15) is 6.26 Å². The molecule has 116 valence electrons. The minimum atomic E-state index is -0.356. The summed E-state index contributed by atoms with van der Waals surface area (Å²) < 4.78 is 4.79. The number of nitrogens with one attached hydrogen (secondary N) is 2. The van der Waals surface area contributed by atoms with Gasteiger partial charge in [-0.05, 0) is 36.2 Å². The predicted molar refractivity (Wildman–Crippen MR) is 84.2 cm³/mol. The molecule has 0 saturated carbocycles. The summed E-state index contributed by atoms with van der Waals surface area (Å²) in [5.41, 5.74) is 1.31. The predicted octanol–water partition coefficient (Wildman–Crippen LogP) is 2.68. The highest BCUT2D eigenvalue weighted by Gasteiger charge is 2.08. The van der Waals surface area contributed by atoms with Crippen molar-refractivity contribution in [2.75, 3.05) is 13.1 Å². The van der Waals surface area contributed by atoms with Gasteiger partial charge in [-0.2, -0.15) is 0 Å². The molecule has 0 aliphatic heterocycles. The third-order valence-corrected chi connectivity index (χ3v) is 3.29. The zero-order valence-electron chi connectivity index (χ0n) is 11.6. The third kappa shape index (κ3) is 5.09. The Morgan fingerprint density at radius 2 is 1.82 bits per heavy atom. The molecule has 1 aromatic heterocycles. The second kappa shape index (κ2) is 7.87. The number of hydrogen-bond acceptors (Lipinski definition) is 3. The fourth-order valence-electron chi connectivity index (χ4n) is 1.82. The largest absolute Gasteiger partial charge is 0.472 e. The van der Waals surface area contributed by atoms with Gasteiger partial charge in [0.05, 0.1) is 18.4 Å². The maximum atomic E-state index is 11.6. The van der Waals surface area contributed by atoms with Gasteiger partial charge < -0.3 is 15.1 Å². The number of hydrogen-bond donors (Lipinski definition) is 2. The molecule has 0 fully saturated rings. The van der Waals surface area contributed by atoms with E-state index in [1.807, 2.05) is 0 Å². The molecule has 0 unspecified atom stereocenters. The van der Waals surface area contributed by atoms with E-state index in [4.69, 9.17) is 27.6 Å². The van der Waals surface area contributed by atoms with Crippen molar-refractivity contribution < 1.29 is 14.0 Å². The minimum Gasteiger partial charge on any atom is -0.472 e. The number of rotatable bonds is 6. The monoisotopic (exact) mass is 340 g/mol. The molecule has 2 aromatic rings. The minimum absolute atomic E-state index is 0.0969. The Bertz CT molecular complexity index is 637. The highest BCUT2D eigenvalue weighted by molar-refractivity contribution is 6.34. The topological polar surface area (TPSA) is 71.3 Å². The SMILES string of the molecule is O=C(CNC(=O)c1ccoc1)NCCc1cc(Cl)cc(Cl)c1. The Balaban J connectivity index is 1.70. The van der Waals surface area contributed by atoms with Crippen LogP contribution in [-0.4, -0.2) is 24.9 Å². The van der Waals surface area contributed by atoms with Crippen LogP contribution in [0.25, 0.3) is 0 Å². The van der Waals surface area contributed by atoms with E-state index in [0.29, 0.717) is 28.6 Å². The van der Waals surface area contributed by atoms with Crippen LogP contribution in [0.2, 0.25) is 10.0 Å². The molecule has 0 atom stereocenters. The zero-order valence-corrected chi connectivity index (χ0v) is 13.1. The van der Waals surface area contributed by atoms with Crippen LogP contribution < -0.4 is 10.6 Å². The first-order valence-corrected chi connectivity index (χ1v) is 7.32. The molecule has 0 saturated heterocycles. The lowest BCUT2D eigenvalue weighted by Crippen LogP contribution is -2.37. The first-order valence-electron chi connectivity index (χ1n) is 6.56. The molecule has 22 heavy (non-hydrogen) atoms. The van der Waals surface area contributed by atoms with E-state index in [-0.39, 0.29) is 18.4 Å². The van der Waals surface area contributed by atoms with Crippen molar-refractivity contribution in [3.8, 4) is 0 Å². The second-order valence-corrected chi connectivity index (χ2v) is 5.45. The summed E-state index contributed by atoms with van der Waals surface area (Å²) in [6, 6.07) is 6.76. The average molecular weight is 341 g/mol. The smallest absolute Gasteiger partial charge is 0.254 e. The molecule has 2 rings (SSSR count). The van der Waals surface area contributed by atoms with Crippen LogP contribution in [0.15, 0.2) is 41.2 Å². The number of amides is 2. The summed E-state index contributed by atoms with van der Waals surface area (Å²) in [6.45, 7) is 0.331. The number of furan rings is 1. The molecular weight excluding hydrogens is 327 g/mol. The van der Waals surface area contributed by atoms with Crippen molar-refractivity contribution in [2.24, 2.45) is 0 Å². The van der Waals surface area contributed by atoms with E-state index in [1.165, 1.54) is 18.6 Å². The molecule has 0 radical (unpaired) electrons. The number of carbonyl (C=O) groups is 2. The molecule has 1 heterocycles. The van der Waals surface area contributed by atoms with Gasteiger partial charge in [0, 0.05) is 16.6 Å². The van der Waals surface area contributed by atoms with Gasteiger partial charge in [-0.15, -0.1) is 0 Å². The van der Waals surface area contributed by atoms with E-state index < -0.39 is 0 Å². The maximum Gasteiger partial charge on any atom is 0.254 e. The lowest BCUT2D eigenvalue weighted by atomic mass is 10.1. The van der Waals surface area contributed by atoms with Crippen LogP contribution in [0.1, 0.15) is 15.9 Å². The summed E-state index contributed by atoms with van der Waals surface area (Å²) in [5.74, 6) is -0.629. The van der Waals surface area contributed by atoms with E-state index in [9.17, 15) is 9.59 Å². The van der Waals surface area contributed by atoms with Crippen LogP contribution in [0.3, 0.4) is 0 Å². The Morgan fingerprint density at radius 3 is 2.45 bits per heavy atom. The standard InChI is InChI=1S/C15H14Cl2N2O3/c16-12-5-10(6-13(17)7-12)1-3-18-14(20)8-19-15(21)11-2-4-22-9-11/h2,4-7,9H,1,3,8H2,(H,18,20)(H,19,21). The zero-order chi connectivity index (χ0) is 15.9. The summed E-state index contributed by atoms with van der Waals surface area (Å²) in [5, 5.41) is 6.32. The maximum absolute atomic E-state index is 11.6. The van der Waals surface area contributed by atoms with Crippen LogP contribution in [-0.2, 0) is 11.2 Å². The Labute approximate surface area is 137 Å². The normalized spacial score (nSPS) is 10.3. The molecule has 7 heteroatoms. The Hall–Kier alpha value is -1.98. The van der Waals surface area contributed by atoms with E-state index in [0.717, 1.165) is 5.56 Å². The average Bonchev–Trinajstić information content (AvgIpc) is 2.98. The van der Waals surface area contributed by atoms with Gasteiger partial charge in [0.25, 0.3) is 5.91 Å². The van der Waals surface area contributed by atoms with Crippen molar-refractivity contribution in [2.45, 2.75) is 6.42 Å². The number of carbonyl (C=O) groups excluding carboxylic acids is 2. The Kier molecular flexibility index (Phi) is 5.86. The first-order chi connectivity index (χ1) is 10.5. The highest BCUT2D eigenvalue weighted by atomic mass is 35.5. The molecule has 2 amide bonds. The van der Waals surface area contributed by atoms with Gasteiger partial charge in [-0.3, -0.25) is 9.59 Å². The number of benzene rings is 1. The molecule has 0 spiro atoms. The van der Waals surface area contributed by atoms with Crippen molar-refractivity contribution in [1.29, 1.82) is 0 Å². The molecule has 0 aliphatic rings. The molecule has 2 N–H and O–H groups in total. The van der Waals surface area contributed by atoms with Crippen molar-refractivity contribution in [3.05, 3.63) is 58.0 Å². The molecule has 1 aromatic carbocycles. The van der Waals surface area contributed by atoms with E-state index in [1.54, 1.807) is 18.2 Å². The van der Waals surface area contributed by atoms with Crippen LogP contribution in [0.5, 0.6) is 0 Å². The van der Waals surface area contributed by atoms with Gasteiger partial charge in [-0.1, -0.05) is 23.2 Å². The van der Waals surface area contributed by atoms with Gasteiger partial charge in [-0.25, -0.2) is 0 Å². The van der Waals surface area contributed by atoms with Gasteiger partial charge >= 0.3 is 0 Å². The second-order valence-electron chi connectivity index (χ2n) is 4.57. The quantitative estimate of drug-likeness (QED) is 0.849. The molecule has 0 bridgehead atoms. The third-order valence-electron chi connectivity index (χ3n) is 2.85. The van der Waals surface area contributed by atoms with Crippen LogP contribution in [0.4, 0.5) is 0 Å². The fourth-order valence-corrected chi connectivity index (χ4v) is 2.39. The van der Waals surface area contributed by atoms with Gasteiger partial charge in [0.2, 0.25) is 5.91 Å². The van der Waals surface area contributed by atoms with Crippen LogP contribution in [0, 0.1) is 0 Å². The molecular formula is C15H14Cl2N2O3. The molecule has 0 aliphatic carbocycles. The van der Waals surface area contributed by atoms with E-state index >= 15 is 0 Å². The van der Waals surface area contributed by atoms with Crippen molar-refractivity contribution >= 4 is 35.0 Å². The fraction of sp³-hybridized carbons (Fsp3) is 0.200. The van der Waals surface area contributed by atoms with Crippen molar-refractivity contribution in [3.63, 3.8) is 0 Å². The highest BCUT2D eigenvalue weighted by Crippen LogP contribution is 2.19. The number of halogens is 2. The first kappa shape index (κ1) is 16.4. The van der Waals surface area contributed by atoms with Crippen LogP contribution >= 0.6 is 23.2 Å². The summed E-state index contributed by atoms with van der Waals surface area (Å²) >= 11 is 11.8. The molecule has 5 nitrogen and oxygen atoms in total. The summed E-state index contributed by atoms with van der Waals surface area (Å²) in [4.78, 5) is 23.2. The Morgan fingerprint density at radius 1 is 1.09 bits per heavy atom. The lowest BCUT2D eigenvalue weighted by molar-refractivity contribution is -0.120. The lowest BCUT2D eigenvalue weighted by Gasteiger charge is -2.07. The van der Waals surface area contributed by atoms with Crippen molar-refractivity contribution in [1.82, 2.24) is 10.6 Å². The summed E-state index contributed by atoms with van der Waals surface area (Å²) in [7, 11) is 0.